The summed E-state index contributed by atoms with van der Waals surface area (Å²) in [5, 5.41) is 0. The lowest BCUT2D eigenvalue weighted by Gasteiger charge is -2.42. The van der Waals surface area contributed by atoms with Gasteiger partial charge in [-0.25, -0.2) is 0 Å². The molecule has 0 spiro atoms. The molecule has 2 saturated carbocycles. The van der Waals surface area contributed by atoms with Crippen LogP contribution in [0.5, 0.6) is 0 Å². The molecule has 104 valence electrons. The van der Waals surface area contributed by atoms with E-state index in [1.54, 1.807) is 0 Å². The highest BCUT2D eigenvalue weighted by atomic mass is 79.9. The second kappa shape index (κ2) is 5.57. The van der Waals surface area contributed by atoms with Crippen LogP contribution in [0.4, 0.5) is 0 Å². The third-order valence-electron chi connectivity index (χ3n) is 5.36. The molecule has 19 heavy (non-hydrogen) atoms. The molecule has 0 aromatic heterocycles. The summed E-state index contributed by atoms with van der Waals surface area (Å²) in [5.41, 5.74) is 9.28. The summed E-state index contributed by atoms with van der Waals surface area (Å²) in [6, 6.07) is 7.07. The average Bonchev–Trinajstić information content (AvgIpc) is 2.39. The minimum Gasteiger partial charge on any atom is -0.330 e. The second-order valence-electron chi connectivity index (χ2n) is 6.41. The van der Waals surface area contributed by atoms with Crippen LogP contribution in [0.15, 0.2) is 22.7 Å². The summed E-state index contributed by atoms with van der Waals surface area (Å²) >= 11 is 3.82. The molecule has 2 fully saturated rings. The molecule has 0 radical (unpaired) electrons. The molecule has 1 aromatic carbocycles. The molecule has 2 aliphatic rings. The maximum atomic E-state index is 6.02. The lowest BCUT2D eigenvalue weighted by Crippen LogP contribution is -2.41. The van der Waals surface area contributed by atoms with E-state index in [1.807, 2.05) is 0 Å². The van der Waals surface area contributed by atoms with Gasteiger partial charge in [-0.1, -0.05) is 53.7 Å². The van der Waals surface area contributed by atoms with Crippen molar-refractivity contribution in [1.29, 1.82) is 0 Å². The molecule has 3 rings (SSSR count). The standard InChI is InChI=1S/C17H24BrN/c18-16-11-14(17(12-19)9-4-10-17)7-8-15(16)13-5-2-1-3-6-13/h7-8,11,13H,1-6,9-10,12,19H2. The van der Waals surface area contributed by atoms with E-state index in [0.29, 0.717) is 0 Å². The van der Waals surface area contributed by atoms with Crippen LogP contribution in [0.3, 0.4) is 0 Å². The minimum atomic E-state index is 0.285. The lowest BCUT2D eigenvalue weighted by molar-refractivity contribution is 0.253. The molecular weight excluding hydrogens is 298 g/mol. The third kappa shape index (κ3) is 2.50. The highest BCUT2D eigenvalue weighted by Gasteiger charge is 2.37. The normalized spacial score (nSPS) is 23.1. The van der Waals surface area contributed by atoms with Crippen molar-refractivity contribution in [2.24, 2.45) is 5.73 Å². The van der Waals surface area contributed by atoms with E-state index in [2.05, 4.69) is 34.1 Å². The van der Waals surface area contributed by atoms with Crippen LogP contribution in [-0.4, -0.2) is 6.54 Å². The second-order valence-corrected chi connectivity index (χ2v) is 7.26. The van der Waals surface area contributed by atoms with Crippen molar-refractivity contribution >= 4 is 15.9 Å². The minimum absolute atomic E-state index is 0.285. The molecule has 2 heteroatoms. The summed E-state index contributed by atoms with van der Waals surface area (Å²) in [4.78, 5) is 0. The van der Waals surface area contributed by atoms with Gasteiger partial charge in [0, 0.05) is 16.4 Å². The number of halogens is 1. The van der Waals surface area contributed by atoms with Gasteiger partial charge in [0.2, 0.25) is 0 Å². The van der Waals surface area contributed by atoms with E-state index in [-0.39, 0.29) is 5.41 Å². The number of benzene rings is 1. The summed E-state index contributed by atoms with van der Waals surface area (Å²) in [5.74, 6) is 0.771. The largest absolute Gasteiger partial charge is 0.330 e. The number of hydrogen-bond donors (Lipinski definition) is 1. The molecule has 0 amide bonds. The maximum Gasteiger partial charge on any atom is 0.0213 e. The smallest absolute Gasteiger partial charge is 0.0213 e. The van der Waals surface area contributed by atoms with Gasteiger partial charge in [0.05, 0.1) is 0 Å². The number of rotatable bonds is 3. The Labute approximate surface area is 125 Å². The Hall–Kier alpha value is -0.340. The number of nitrogens with two attached hydrogens (primary N) is 1. The Morgan fingerprint density at radius 2 is 1.84 bits per heavy atom. The van der Waals surface area contributed by atoms with Crippen LogP contribution >= 0.6 is 15.9 Å². The summed E-state index contributed by atoms with van der Waals surface area (Å²) in [7, 11) is 0. The first kappa shape index (κ1) is 13.6. The van der Waals surface area contributed by atoms with Gasteiger partial charge < -0.3 is 5.73 Å². The first-order valence-corrected chi connectivity index (χ1v) is 8.54. The van der Waals surface area contributed by atoms with Crippen molar-refractivity contribution in [3.63, 3.8) is 0 Å². The first-order chi connectivity index (χ1) is 9.25. The molecule has 2 N–H and O–H groups in total. The summed E-state index contributed by atoms with van der Waals surface area (Å²) in [6.45, 7) is 0.794. The van der Waals surface area contributed by atoms with Gasteiger partial charge >= 0.3 is 0 Å². The Bertz CT molecular complexity index is 439. The van der Waals surface area contributed by atoms with Crippen LogP contribution in [0, 0.1) is 0 Å². The van der Waals surface area contributed by atoms with Gasteiger partial charge in [-0.05, 0) is 48.8 Å². The first-order valence-electron chi connectivity index (χ1n) is 7.75. The van der Waals surface area contributed by atoms with Crippen LogP contribution in [0.2, 0.25) is 0 Å². The van der Waals surface area contributed by atoms with E-state index in [4.69, 9.17) is 5.73 Å². The van der Waals surface area contributed by atoms with Crippen molar-refractivity contribution in [3.05, 3.63) is 33.8 Å². The Morgan fingerprint density at radius 3 is 2.37 bits per heavy atom. The molecule has 0 unspecified atom stereocenters. The summed E-state index contributed by atoms with van der Waals surface area (Å²) in [6.07, 6.45) is 10.8. The molecular formula is C17H24BrN. The molecule has 0 heterocycles. The summed E-state index contributed by atoms with van der Waals surface area (Å²) < 4.78 is 1.32. The van der Waals surface area contributed by atoms with Gasteiger partial charge in [0.1, 0.15) is 0 Å². The fourth-order valence-corrected chi connectivity index (χ4v) is 4.52. The Morgan fingerprint density at radius 1 is 1.11 bits per heavy atom. The monoisotopic (exact) mass is 321 g/mol. The van der Waals surface area contributed by atoms with Crippen molar-refractivity contribution in [2.45, 2.75) is 62.7 Å². The van der Waals surface area contributed by atoms with E-state index < -0.39 is 0 Å². The van der Waals surface area contributed by atoms with Crippen LogP contribution in [0.1, 0.15) is 68.4 Å². The topological polar surface area (TPSA) is 26.0 Å². The van der Waals surface area contributed by atoms with E-state index in [0.717, 1.165) is 12.5 Å². The predicted octanol–water partition coefficient (Wildman–Crippen LogP) is 4.88. The fraction of sp³-hybridized carbons (Fsp3) is 0.647. The molecule has 0 atom stereocenters. The van der Waals surface area contributed by atoms with E-state index >= 15 is 0 Å². The zero-order chi connectivity index (χ0) is 13.3. The lowest BCUT2D eigenvalue weighted by atomic mass is 9.64. The third-order valence-corrected chi connectivity index (χ3v) is 6.05. The molecule has 2 aliphatic carbocycles. The van der Waals surface area contributed by atoms with Crippen LogP contribution in [0.25, 0.3) is 0 Å². The van der Waals surface area contributed by atoms with Crippen molar-refractivity contribution < 1.29 is 0 Å². The highest BCUT2D eigenvalue weighted by molar-refractivity contribution is 9.10. The predicted molar refractivity (Wildman–Crippen MR) is 84.6 cm³/mol. The van der Waals surface area contributed by atoms with Gasteiger partial charge in [0.15, 0.2) is 0 Å². The molecule has 0 aliphatic heterocycles. The zero-order valence-electron chi connectivity index (χ0n) is 11.6. The number of hydrogen-bond acceptors (Lipinski definition) is 1. The van der Waals surface area contributed by atoms with Gasteiger partial charge in [-0.3, -0.25) is 0 Å². The van der Waals surface area contributed by atoms with Crippen molar-refractivity contribution in [2.75, 3.05) is 6.54 Å². The molecule has 1 aromatic rings. The quantitative estimate of drug-likeness (QED) is 0.843. The van der Waals surface area contributed by atoms with Crippen molar-refractivity contribution in [1.82, 2.24) is 0 Å². The average molecular weight is 322 g/mol. The van der Waals surface area contributed by atoms with Crippen LogP contribution < -0.4 is 5.73 Å². The van der Waals surface area contributed by atoms with Gasteiger partial charge in [0.25, 0.3) is 0 Å². The Balaban J connectivity index is 1.85. The fourth-order valence-electron chi connectivity index (χ4n) is 3.82. The molecule has 1 nitrogen and oxygen atoms in total. The van der Waals surface area contributed by atoms with Gasteiger partial charge in [-0.2, -0.15) is 0 Å². The highest BCUT2D eigenvalue weighted by Crippen LogP contribution is 2.45. The Kier molecular flexibility index (Phi) is 4.00. The van der Waals surface area contributed by atoms with Crippen molar-refractivity contribution in [3.8, 4) is 0 Å². The van der Waals surface area contributed by atoms with E-state index in [9.17, 15) is 0 Å². The molecule has 0 bridgehead atoms. The van der Waals surface area contributed by atoms with E-state index in [1.165, 1.54) is 67.0 Å². The molecule has 0 saturated heterocycles. The maximum absolute atomic E-state index is 6.02. The zero-order valence-corrected chi connectivity index (χ0v) is 13.2. The SMILES string of the molecule is NCC1(c2ccc(C3CCCCC3)c(Br)c2)CCC1. The van der Waals surface area contributed by atoms with Gasteiger partial charge in [-0.15, -0.1) is 0 Å². The van der Waals surface area contributed by atoms with Crippen LogP contribution in [-0.2, 0) is 5.41 Å².